The van der Waals surface area contributed by atoms with Crippen molar-refractivity contribution in [3.05, 3.63) is 12.2 Å². The van der Waals surface area contributed by atoms with Crippen molar-refractivity contribution in [3.8, 4) is 0 Å². The largest absolute Gasteiger partial charge is 0.330 e. The Bertz CT molecular complexity index is 146. The summed E-state index contributed by atoms with van der Waals surface area (Å²) in [5.74, 6) is 2.87. The third kappa shape index (κ3) is 1.34. The van der Waals surface area contributed by atoms with Gasteiger partial charge in [-0.2, -0.15) is 0 Å². The van der Waals surface area contributed by atoms with Gasteiger partial charge in [0.05, 0.1) is 0 Å². The molecular formula is C10H17N. The van der Waals surface area contributed by atoms with Crippen molar-refractivity contribution in [1.29, 1.82) is 0 Å². The zero-order valence-electron chi connectivity index (χ0n) is 7.00. The van der Waals surface area contributed by atoms with Gasteiger partial charge in [0.1, 0.15) is 0 Å². The van der Waals surface area contributed by atoms with Crippen LogP contribution in [0.5, 0.6) is 0 Å². The van der Waals surface area contributed by atoms with Crippen molar-refractivity contribution in [2.75, 3.05) is 6.54 Å². The van der Waals surface area contributed by atoms with Gasteiger partial charge < -0.3 is 5.73 Å². The van der Waals surface area contributed by atoms with E-state index in [1.54, 1.807) is 0 Å². The summed E-state index contributed by atoms with van der Waals surface area (Å²) >= 11 is 0. The summed E-state index contributed by atoms with van der Waals surface area (Å²) < 4.78 is 0. The molecule has 0 radical (unpaired) electrons. The van der Waals surface area contributed by atoms with E-state index in [9.17, 15) is 0 Å². The minimum Gasteiger partial charge on any atom is -0.330 e. The van der Waals surface area contributed by atoms with E-state index in [0.717, 1.165) is 24.3 Å². The Hall–Kier alpha value is -0.300. The molecule has 0 aromatic heterocycles. The van der Waals surface area contributed by atoms with Crippen molar-refractivity contribution in [2.24, 2.45) is 23.5 Å². The zero-order valence-corrected chi connectivity index (χ0v) is 7.00. The molecule has 11 heavy (non-hydrogen) atoms. The smallest absolute Gasteiger partial charge is 0.00433 e. The van der Waals surface area contributed by atoms with Crippen LogP contribution in [0, 0.1) is 17.8 Å². The maximum Gasteiger partial charge on any atom is -0.00433 e. The van der Waals surface area contributed by atoms with E-state index in [0.29, 0.717) is 0 Å². The maximum absolute atomic E-state index is 5.68. The summed E-state index contributed by atoms with van der Waals surface area (Å²) in [5, 5.41) is 0. The minimum atomic E-state index is 0.884. The fraction of sp³-hybridized carbons (Fsp3) is 0.800. The molecule has 0 spiro atoms. The van der Waals surface area contributed by atoms with Crippen molar-refractivity contribution in [1.82, 2.24) is 0 Å². The maximum atomic E-state index is 5.68. The van der Waals surface area contributed by atoms with Crippen LogP contribution in [0.1, 0.15) is 25.7 Å². The zero-order chi connectivity index (χ0) is 7.68. The second-order valence-corrected chi connectivity index (χ2v) is 3.85. The average molecular weight is 151 g/mol. The fourth-order valence-corrected chi connectivity index (χ4v) is 2.54. The molecule has 0 aromatic carbocycles. The fourth-order valence-electron chi connectivity index (χ4n) is 2.54. The lowest BCUT2D eigenvalue weighted by molar-refractivity contribution is 0.605. The molecule has 1 saturated carbocycles. The summed E-state index contributed by atoms with van der Waals surface area (Å²) in [5.41, 5.74) is 5.68. The highest BCUT2D eigenvalue weighted by atomic mass is 14.7. The molecule has 2 rings (SSSR count). The molecular weight excluding hydrogens is 134 g/mol. The summed E-state index contributed by atoms with van der Waals surface area (Å²) in [6.45, 7) is 0.926. The highest BCUT2D eigenvalue weighted by Gasteiger charge is 2.47. The van der Waals surface area contributed by atoms with Crippen LogP contribution in [0.2, 0.25) is 0 Å². The number of hydrogen-bond acceptors (Lipinski definition) is 1. The van der Waals surface area contributed by atoms with E-state index in [4.69, 9.17) is 5.73 Å². The van der Waals surface area contributed by atoms with Gasteiger partial charge in [-0.3, -0.25) is 0 Å². The SMILES string of the molecule is NCC1[C@H]2CC/C=C\CC[C@@H]12. The molecule has 0 aliphatic heterocycles. The average Bonchev–Trinajstić information content (AvgIpc) is 2.60. The molecule has 1 nitrogen and oxygen atoms in total. The molecule has 0 bridgehead atoms. The van der Waals surface area contributed by atoms with Gasteiger partial charge in [0.15, 0.2) is 0 Å². The van der Waals surface area contributed by atoms with Crippen LogP contribution in [0.15, 0.2) is 12.2 Å². The molecule has 2 aliphatic carbocycles. The first-order chi connectivity index (χ1) is 5.43. The second kappa shape index (κ2) is 2.98. The molecule has 2 aliphatic rings. The molecule has 2 N–H and O–H groups in total. The molecule has 0 amide bonds. The van der Waals surface area contributed by atoms with Gasteiger partial charge in [-0.1, -0.05) is 12.2 Å². The van der Waals surface area contributed by atoms with E-state index in [1.807, 2.05) is 0 Å². The highest BCUT2D eigenvalue weighted by molar-refractivity contribution is 5.01. The number of hydrogen-bond donors (Lipinski definition) is 1. The molecule has 0 heterocycles. The van der Waals surface area contributed by atoms with Crippen LogP contribution in [-0.2, 0) is 0 Å². The van der Waals surface area contributed by atoms with Gasteiger partial charge in [0, 0.05) is 0 Å². The van der Waals surface area contributed by atoms with Crippen LogP contribution in [0.3, 0.4) is 0 Å². The number of fused-ring (bicyclic) bond motifs is 1. The predicted octanol–water partition coefficient (Wildman–Crippen LogP) is 1.94. The van der Waals surface area contributed by atoms with Gasteiger partial charge >= 0.3 is 0 Å². The topological polar surface area (TPSA) is 26.0 Å². The Morgan fingerprint density at radius 3 is 2.09 bits per heavy atom. The van der Waals surface area contributed by atoms with E-state index in [1.165, 1.54) is 25.7 Å². The van der Waals surface area contributed by atoms with Crippen molar-refractivity contribution >= 4 is 0 Å². The Labute approximate surface area is 68.7 Å². The van der Waals surface area contributed by atoms with Crippen LogP contribution in [-0.4, -0.2) is 6.54 Å². The van der Waals surface area contributed by atoms with Crippen LogP contribution in [0.4, 0.5) is 0 Å². The number of rotatable bonds is 1. The van der Waals surface area contributed by atoms with Gasteiger partial charge in [-0.05, 0) is 50.0 Å². The molecule has 1 fully saturated rings. The van der Waals surface area contributed by atoms with Crippen molar-refractivity contribution < 1.29 is 0 Å². The summed E-state index contributed by atoms with van der Waals surface area (Å²) in [4.78, 5) is 0. The quantitative estimate of drug-likeness (QED) is 0.569. The minimum absolute atomic E-state index is 0.884. The van der Waals surface area contributed by atoms with Gasteiger partial charge in [-0.25, -0.2) is 0 Å². The molecule has 62 valence electrons. The molecule has 1 unspecified atom stereocenters. The predicted molar refractivity (Wildman–Crippen MR) is 47.1 cm³/mol. The van der Waals surface area contributed by atoms with Gasteiger partial charge in [0.25, 0.3) is 0 Å². The lowest BCUT2D eigenvalue weighted by Crippen LogP contribution is -2.03. The first-order valence-corrected chi connectivity index (χ1v) is 4.78. The number of nitrogens with two attached hydrogens (primary N) is 1. The molecule has 0 aromatic rings. The van der Waals surface area contributed by atoms with Gasteiger partial charge in [0.2, 0.25) is 0 Å². The normalized spacial score (nSPS) is 45.4. The number of allylic oxidation sites excluding steroid dienone is 2. The Morgan fingerprint density at radius 2 is 1.64 bits per heavy atom. The third-order valence-corrected chi connectivity index (χ3v) is 3.28. The Balaban J connectivity index is 1.91. The van der Waals surface area contributed by atoms with Crippen molar-refractivity contribution in [3.63, 3.8) is 0 Å². The molecule has 0 saturated heterocycles. The van der Waals surface area contributed by atoms with Crippen molar-refractivity contribution in [2.45, 2.75) is 25.7 Å². The monoisotopic (exact) mass is 151 g/mol. The van der Waals surface area contributed by atoms with E-state index in [-0.39, 0.29) is 0 Å². The Kier molecular flexibility index (Phi) is 1.99. The molecule has 3 atom stereocenters. The lowest BCUT2D eigenvalue weighted by Gasteiger charge is -1.99. The second-order valence-electron chi connectivity index (χ2n) is 3.85. The summed E-state index contributed by atoms with van der Waals surface area (Å²) in [6, 6.07) is 0. The van der Waals surface area contributed by atoms with Crippen LogP contribution >= 0.6 is 0 Å². The van der Waals surface area contributed by atoms with Gasteiger partial charge in [-0.15, -0.1) is 0 Å². The highest BCUT2D eigenvalue weighted by Crippen LogP contribution is 2.51. The molecule has 1 heteroatoms. The Morgan fingerprint density at radius 1 is 1.09 bits per heavy atom. The first kappa shape index (κ1) is 7.35. The summed E-state index contributed by atoms with van der Waals surface area (Å²) in [7, 11) is 0. The first-order valence-electron chi connectivity index (χ1n) is 4.78. The lowest BCUT2D eigenvalue weighted by atomic mass is 10.1. The third-order valence-electron chi connectivity index (χ3n) is 3.28. The standard InChI is InChI=1S/C10H17N/c11-7-10-8-5-3-1-2-4-6-9(8)10/h1-2,8-10H,3-7,11H2/b2-1-/t8-,9+,10?. The van der Waals surface area contributed by atoms with E-state index < -0.39 is 0 Å². The summed E-state index contributed by atoms with van der Waals surface area (Å²) in [6.07, 6.45) is 10.0. The van der Waals surface area contributed by atoms with E-state index in [2.05, 4.69) is 12.2 Å². The van der Waals surface area contributed by atoms with Crippen LogP contribution in [0.25, 0.3) is 0 Å². The van der Waals surface area contributed by atoms with E-state index >= 15 is 0 Å². The van der Waals surface area contributed by atoms with Crippen LogP contribution < -0.4 is 5.73 Å².